The molecule has 0 fully saturated rings. The molecule has 0 saturated heterocycles. The highest BCUT2D eigenvalue weighted by molar-refractivity contribution is 6.30. The van der Waals surface area contributed by atoms with Crippen LogP contribution < -0.4 is 15.4 Å². The molecule has 1 aliphatic heterocycles. The topological polar surface area (TPSA) is 161 Å². The maximum atomic E-state index is 13.3. The summed E-state index contributed by atoms with van der Waals surface area (Å²) >= 11 is 6.23. The average Bonchev–Trinajstić information content (AvgIpc) is 3.59. The number of pyridine rings is 1. The highest BCUT2D eigenvalue weighted by Crippen LogP contribution is 2.33. The van der Waals surface area contributed by atoms with E-state index in [0.717, 1.165) is 15.9 Å². The number of aromatic nitrogens is 5. The van der Waals surface area contributed by atoms with Crippen LogP contribution in [0.1, 0.15) is 55.5 Å². The van der Waals surface area contributed by atoms with Crippen LogP contribution in [0.2, 0.25) is 5.02 Å². The minimum Gasteiger partial charge on any atom is -0.469 e. The molecule has 1 amide bonds. The Morgan fingerprint density at radius 3 is 2.74 bits per heavy atom. The van der Waals surface area contributed by atoms with Crippen molar-refractivity contribution in [3.63, 3.8) is 0 Å². The Morgan fingerprint density at radius 2 is 1.98 bits per heavy atom. The summed E-state index contributed by atoms with van der Waals surface area (Å²) in [5.74, 6) is -1.17. The van der Waals surface area contributed by atoms with Gasteiger partial charge in [0.1, 0.15) is 18.4 Å². The van der Waals surface area contributed by atoms with Crippen molar-refractivity contribution < 1.29 is 33.8 Å². The Balaban J connectivity index is 1.48. The van der Waals surface area contributed by atoms with E-state index >= 15 is 0 Å². The van der Waals surface area contributed by atoms with Gasteiger partial charge in [-0.15, -0.1) is 5.10 Å². The number of fused-ring (bicyclic) bond motifs is 4. The van der Waals surface area contributed by atoms with E-state index < -0.39 is 24.0 Å². The first-order valence-corrected chi connectivity index (χ1v) is 15.5. The van der Waals surface area contributed by atoms with E-state index in [1.54, 1.807) is 43.3 Å². The minimum absolute atomic E-state index is 0.0558. The van der Waals surface area contributed by atoms with Crippen molar-refractivity contribution in [2.75, 3.05) is 19.0 Å². The maximum absolute atomic E-state index is 13.3. The van der Waals surface area contributed by atoms with Crippen LogP contribution in [0.4, 0.5) is 5.69 Å². The van der Waals surface area contributed by atoms with Gasteiger partial charge in [0.05, 0.1) is 25.8 Å². The number of hydrogen-bond acceptors (Lipinski definition) is 10. The molecule has 4 aromatic rings. The van der Waals surface area contributed by atoms with Crippen LogP contribution >= 0.6 is 11.6 Å². The van der Waals surface area contributed by atoms with Gasteiger partial charge in [-0.2, -0.15) is 4.68 Å². The average molecular weight is 661 g/mol. The van der Waals surface area contributed by atoms with E-state index in [9.17, 15) is 19.6 Å². The third-order valence-corrected chi connectivity index (χ3v) is 7.98. The van der Waals surface area contributed by atoms with E-state index in [-0.39, 0.29) is 19.0 Å². The SMILES string of the molecule is CCOC(=O)[C@H]1CCCC[C@H](NC(=O)/C=C/c2cc(Cl)ccc2-n2cnnn2)c2cc(cc[n+]2O)-c2ccc(CC(=O)OC)cc2N1. The van der Waals surface area contributed by atoms with Gasteiger partial charge in [-0.1, -0.05) is 36.6 Å². The molecule has 3 heterocycles. The smallest absolute Gasteiger partial charge is 0.328 e. The van der Waals surface area contributed by atoms with Crippen molar-refractivity contribution in [3.05, 3.63) is 89.0 Å². The zero-order chi connectivity index (χ0) is 33.3. The summed E-state index contributed by atoms with van der Waals surface area (Å²) in [7, 11) is 1.33. The standard InChI is InChI=1S/C33H34ClN7O6/c1-3-47-33(44)27-7-5-4-6-26(37-31(42)13-9-23-18-24(34)10-12-29(23)40-20-35-38-39-40)30-19-22(14-15-41(30)45)25-11-8-21(16-28(25)36-27)17-32(43)46-2/h8-16,18-20,26-27,45H,3-7,17H2,1-2H3,(H,37,42)/p+1/b13-9+,25-22?,36-28?/t26-,27+/m0/s1. The summed E-state index contributed by atoms with van der Waals surface area (Å²) in [4.78, 5) is 38.4. The van der Waals surface area contributed by atoms with Gasteiger partial charge < -0.3 is 20.1 Å². The second kappa shape index (κ2) is 15.3. The number of methoxy groups -OCH3 is 1. The number of benzene rings is 2. The summed E-state index contributed by atoms with van der Waals surface area (Å²) in [5.41, 5.74) is 4.50. The lowest BCUT2D eigenvalue weighted by Crippen LogP contribution is -2.41. The molecule has 2 aromatic heterocycles. The molecule has 3 N–H and O–H groups in total. The largest absolute Gasteiger partial charge is 0.469 e. The Kier molecular flexibility index (Phi) is 10.8. The summed E-state index contributed by atoms with van der Waals surface area (Å²) in [6, 6.07) is 12.9. The second-order valence-corrected chi connectivity index (χ2v) is 11.3. The van der Waals surface area contributed by atoms with Gasteiger partial charge >= 0.3 is 11.9 Å². The molecule has 0 aliphatic carbocycles. The number of ether oxygens (including phenoxy) is 2. The van der Waals surface area contributed by atoms with Gasteiger partial charge in [0, 0.05) is 44.8 Å². The van der Waals surface area contributed by atoms with Gasteiger partial charge in [0.25, 0.3) is 5.69 Å². The number of tetrazole rings is 1. The molecule has 47 heavy (non-hydrogen) atoms. The molecule has 13 nitrogen and oxygen atoms in total. The first-order chi connectivity index (χ1) is 22.7. The maximum Gasteiger partial charge on any atom is 0.328 e. The highest BCUT2D eigenvalue weighted by Gasteiger charge is 2.28. The zero-order valence-corrected chi connectivity index (χ0v) is 26.7. The molecule has 1 aliphatic rings. The number of carbonyl (C=O) groups excluding carboxylic acids is 3. The summed E-state index contributed by atoms with van der Waals surface area (Å²) in [5, 5.41) is 29.1. The van der Waals surface area contributed by atoms with Crippen LogP contribution in [0, 0.1) is 0 Å². The number of hydrogen-bond donors (Lipinski definition) is 3. The van der Waals surface area contributed by atoms with Crippen molar-refractivity contribution in [2.45, 2.75) is 51.1 Å². The van der Waals surface area contributed by atoms with Crippen LogP contribution in [-0.2, 0) is 30.3 Å². The Morgan fingerprint density at radius 1 is 1.15 bits per heavy atom. The monoisotopic (exact) mass is 660 g/mol. The number of halogens is 1. The van der Waals surface area contributed by atoms with E-state index in [4.69, 9.17) is 21.1 Å². The van der Waals surface area contributed by atoms with Crippen LogP contribution in [0.25, 0.3) is 22.9 Å². The predicted molar refractivity (Wildman–Crippen MR) is 172 cm³/mol. The molecule has 2 bridgehead atoms. The lowest BCUT2D eigenvalue weighted by molar-refractivity contribution is -0.910. The number of rotatable bonds is 8. The first-order valence-electron chi connectivity index (χ1n) is 15.1. The zero-order valence-electron chi connectivity index (χ0n) is 25.9. The van der Waals surface area contributed by atoms with Crippen molar-refractivity contribution in [2.24, 2.45) is 0 Å². The Hall–Kier alpha value is -5.30. The summed E-state index contributed by atoms with van der Waals surface area (Å²) in [6.07, 6.45) is 8.21. The van der Waals surface area contributed by atoms with Crippen LogP contribution in [-0.4, -0.2) is 63.0 Å². The van der Waals surface area contributed by atoms with E-state index in [2.05, 4.69) is 26.2 Å². The fourth-order valence-electron chi connectivity index (χ4n) is 5.44. The minimum atomic E-state index is -0.643. The fraction of sp³-hybridized carbons (Fsp3) is 0.303. The summed E-state index contributed by atoms with van der Waals surface area (Å²) < 4.78 is 12.7. The number of nitrogens with zero attached hydrogens (tertiary/aromatic N) is 5. The van der Waals surface area contributed by atoms with Gasteiger partial charge in [0.15, 0.2) is 0 Å². The quantitative estimate of drug-likeness (QED) is 0.109. The number of anilines is 1. The third kappa shape index (κ3) is 8.30. The van der Waals surface area contributed by atoms with Crippen LogP contribution in [0.15, 0.2) is 67.1 Å². The van der Waals surface area contributed by atoms with Gasteiger partial charge in [0.2, 0.25) is 12.1 Å². The Bertz CT molecular complexity index is 1780. The van der Waals surface area contributed by atoms with Gasteiger partial charge in [-0.05, 0) is 71.7 Å². The first kappa shape index (κ1) is 33.1. The fourth-order valence-corrected chi connectivity index (χ4v) is 5.63. The lowest BCUT2D eigenvalue weighted by Gasteiger charge is -2.23. The number of esters is 2. The molecular formula is C33H35ClN7O6+. The molecule has 2 atom stereocenters. The number of nitrogens with one attached hydrogen (secondary N) is 2. The Labute approximate surface area is 276 Å². The van der Waals surface area contributed by atoms with Gasteiger partial charge in [-0.25, -0.2) is 4.79 Å². The predicted octanol–water partition coefficient (Wildman–Crippen LogP) is 4.01. The van der Waals surface area contributed by atoms with Crippen LogP contribution in [0.3, 0.4) is 0 Å². The molecule has 244 valence electrons. The summed E-state index contributed by atoms with van der Waals surface area (Å²) in [6.45, 7) is 1.99. The normalized spacial score (nSPS) is 16.2. The van der Waals surface area contributed by atoms with Crippen molar-refractivity contribution in [1.82, 2.24) is 25.5 Å². The van der Waals surface area contributed by atoms with E-state index in [0.29, 0.717) is 58.9 Å². The van der Waals surface area contributed by atoms with Gasteiger partial charge in [-0.3, -0.25) is 14.8 Å². The van der Waals surface area contributed by atoms with E-state index in [1.165, 1.54) is 30.4 Å². The molecule has 5 rings (SSSR count). The number of amides is 1. The molecule has 0 spiro atoms. The number of carbonyl (C=O) groups is 3. The molecule has 0 unspecified atom stereocenters. The molecule has 2 aromatic carbocycles. The van der Waals surface area contributed by atoms with Crippen molar-refractivity contribution >= 4 is 41.2 Å². The second-order valence-electron chi connectivity index (χ2n) is 10.9. The van der Waals surface area contributed by atoms with Crippen molar-refractivity contribution in [1.29, 1.82) is 0 Å². The molecule has 14 heteroatoms. The van der Waals surface area contributed by atoms with E-state index in [1.807, 2.05) is 18.2 Å². The lowest BCUT2D eigenvalue weighted by atomic mass is 9.95. The third-order valence-electron chi connectivity index (χ3n) is 7.74. The van der Waals surface area contributed by atoms with Crippen molar-refractivity contribution in [3.8, 4) is 16.8 Å². The molecular weight excluding hydrogens is 626 g/mol. The molecule has 0 saturated carbocycles. The van der Waals surface area contributed by atoms with Crippen LogP contribution in [0.5, 0.6) is 0 Å². The highest BCUT2D eigenvalue weighted by atomic mass is 35.5. The molecule has 0 radical (unpaired) electrons.